The minimum absolute atomic E-state index is 0.0694. The van der Waals surface area contributed by atoms with Gasteiger partial charge in [-0.05, 0) is 50.1 Å². The molecule has 0 unspecified atom stereocenters. The molecule has 0 saturated carbocycles. The molecule has 0 amide bonds. The predicted molar refractivity (Wildman–Crippen MR) is 92.6 cm³/mol. The highest BCUT2D eigenvalue weighted by atomic mass is 79.9. The van der Waals surface area contributed by atoms with Crippen molar-refractivity contribution in [1.29, 1.82) is 0 Å². The molecule has 0 saturated heterocycles. The number of esters is 1. The van der Waals surface area contributed by atoms with Crippen molar-refractivity contribution in [2.75, 3.05) is 0 Å². The van der Waals surface area contributed by atoms with E-state index >= 15 is 0 Å². The molecule has 0 aliphatic heterocycles. The van der Waals surface area contributed by atoms with E-state index in [9.17, 15) is 14.9 Å². The third-order valence-electron chi connectivity index (χ3n) is 2.54. The number of non-ortho nitro benzene ring substituents is 1. The molecule has 0 spiro atoms. The smallest absolute Gasteiger partial charge is 0.345 e. The van der Waals surface area contributed by atoms with Crippen LogP contribution in [0, 0.1) is 10.1 Å². The lowest BCUT2D eigenvalue weighted by Crippen LogP contribution is -2.10. The lowest BCUT2D eigenvalue weighted by atomic mass is 10.2. The summed E-state index contributed by atoms with van der Waals surface area (Å²) < 4.78 is 7.11. The van der Waals surface area contributed by atoms with Gasteiger partial charge in [0.05, 0.1) is 24.5 Å². The maximum Gasteiger partial charge on any atom is 0.345 e. The van der Waals surface area contributed by atoms with Crippen LogP contribution in [0.25, 0.3) is 0 Å². The van der Waals surface area contributed by atoms with Crippen LogP contribution in [0.2, 0.25) is 5.02 Å². The summed E-state index contributed by atoms with van der Waals surface area (Å²) in [4.78, 5) is 22.4. The van der Waals surface area contributed by atoms with E-state index < -0.39 is 10.9 Å². The Balaban J connectivity index is 2.38. The van der Waals surface area contributed by atoms with Crippen molar-refractivity contribution in [3.8, 4) is 5.75 Å². The second kappa shape index (κ2) is 7.08. The van der Waals surface area contributed by atoms with Crippen LogP contribution in [0.1, 0.15) is 10.4 Å². The van der Waals surface area contributed by atoms with Gasteiger partial charge in [0.1, 0.15) is 0 Å². The van der Waals surface area contributed by atoms with Gasteiger partial charge < -0.3 is 4.74 Å². The highest BCUT2D eigenvalue weighted by molar-refractivity contribution is 9.11. The molecule has 114 valence electrons. The fourth-order valence-electron chi connectivity index (χ4n) is 1.56. The van der Waals surface area contributed by atoms with E-state index in [0.717, 1.165) is 10.5 Å². The van der Waals surface area contributed by atoms with Gasteiger partial charge in [-0.15, -0.1) is 0 Å². The first kappa shape index (κ1) is 17.4. The van der Waals surface area contributed by atoms with Crippen molar-refractivity contribution in [3.63, 3.8) is 0 Å². The zero-order valence-corrected chi connectivity index (χ0v) is 16.0. The lowest BCUT2D eigenvalue weighted by Gasteiger charge is -2.10. The number of carbonyl (C=O) groups excluding carboxylic acids is 1. The summed E-state index contributed by atoms with van der Waals surface area (Å²) in [7, 11) is 0. The lowest BCUT2D eigenvalue weighted by molar-refractivity contribution is -0.384. The largest absolute Gasteiger partial charge is 0.420 e. The molecule has 0 aliphatic carbocycles. The van der Waals surface area contributed by atoms with Crippen LogP contribution in [0.3, 0.4) is 0 Å². The number of nitro benzene ring substituents is 1. The highest BCUT2D eigenvalue weighted by Gasteiger charge is 2.20. The maximum absolute atomic E-state index is 12.2. The highest BCUT2D eigenvalue weighted by Crippen LogP contribution is 2.37. The molecule has 2 aromatic rings. The topological polar surface area (TPSA) is 69.4 Å². The Hall–Kier alpha value is -0.960. The molecule has 2 aromatic carbocycles. The van der Waals surface area contributed by atoms with Crippen molar-refractivity contribution in [3.05, 3.63) is 64.5 Å². The Bertz CT molecular complexity index is 759. The third kappa shape index (κ3) is 3.87. The van der Waals surface area contributed by atoms with Crippen molar-refractivity contribution in [1.82, 2.24) is 0 Å². The van der Waals surface area contributed by atoms with Crippen LogP contribution in [-0.4, -0.2) is 10.9 Å². The number of carbonyl (C=O) groups is 1. The van der Waals surface area contributed by atoms with Crippen LogP contribution in [0.15, 0.2) is 43.7 Å². The number of hydrogen-bond acceptors (Lipinski definition) is 4. The summed E-state index contributed by atoms with van der Waals surface area (Å²) in [6.45, 7) is 0. The number of nitrogens with zero attached hydrogens (tertiary/aromatic N) is 1. The van der Waals surface area contributed by atoms with E-state index in [1.807, 2.05) is 0 Å². The third-order valence-corrected chi connectivity index (χ3v) is 4.50. The first-order valence-electron chi connectivity index (χ1n) is 5.60. The summed E-state index contributed by atoms with van der Waals surface area (Å²) >= 11 is 15.8. The minimum Gasteiger partial charge on any atom is -0.420 e. The standard InChI is InChI=1S/C13H5Br3ClNO4/c14-6-3-9(15)12(10(16)4-6)22-13(19)8-5-7(18(20)21)1-2-11(8)17/h1-5H. The van der Waals surface area contributed by atoms with Gasteiger partial charge in [0.15, 0.2) is 5.75 Å². The number of nitro groups is 1. The van der Waals surface area contributed by atoms with Gasteiger partial charge in [-0.1, -0.05) is 27.5 Å². The summed E-state index contributed by atoms with van der Waals surface area (Å²) in [6, 6.07) is 6.96. The minimum atomic E-state index is -0.794. The Kier molecular flexibility index (Phi) is 5.60. The molecule has 0 bridgehead atoms. The van der Waals surface area contributed by atoms with Crippen molar-refractivity contribution in [2.24, 2.45) is 0 Å². The fourth-order valence-corrected chi connectivity index (χ4v) is 4.17. The molecule has 0 radical (unpaired) electrons. The van der Waals surface area contributed by atoms with Crippen molar-refractivity contribution in [2.45, 2.75) is 0 Å². The summed E-state index contributed by atoms with van der Waals surface area (Å²) in [5.74, 6) is -0.548. The Morgan fingerprint density at radius 3 is 2.27 bits per heavy atom. The van der Waals surface area contributed by atoms with Gasteiger partial charge in [0.25, 0.3) is 5.69 Å². The molecule has 9 heteroatoms. The Morgan fingerprint density at radius 1 is 1.14 bits per heavy atom. The molecule has 2 rings (SSSR count). The number of ether oxygens (including phenoxy) is 1. The molecule has 22 heavy (non-hydrogen) atoms. The SMILES string of the molecule is O=C(Oc1c(Br)cc(Br)cc1Br)c1cc([N+](=O)[O-])ccc1Cl. The van der Waals surface area contributed by atoms with Gasteiger partial charge in [-0.3, -0.25) is 10.1 Å². The van der Waals surface area contributed by atoms with Crippen molar-refractivity contribution < 1.29 is 14.5 Å². The monoisotopic (exact) mass is 511 g/mol. The van der Waals surface area contributed by atoms with Gasteiger partial charge >= 0.3 is 5.97 Å². The van der Waals surface area contributed by atoms with E-state index in [0.29, 0.717) is 8.95 Å². The average molecular weight is 514 g/mol. The van der Waals surface area contributed by atoms with E-state index in [1.165, 1.54) is 12.1 Å². The zero-order valence-electron chi connectivity index (χ0n) is 10.5. The zero-order chi connectivity index (χ0) is 16.4. The van der Waals surface area contributed by atoms with Crippen molar-refractivity contribution >= 4 is 71.0 Å². The molecule has 0 fully saturated rings. The number of rotatable bonds is 3. The molecule has 0 aliphatic rings. The molecule has 5 nitrogen and oxygen atoms in total. The molecule has 0 N–H and O–H groups in total. The summed E-state index contributed by atoms with van der Waals surface area (Å²) in [5.41, 5.74) is -0.331. The van der Waals surface area contributed by atoms with Crippen LogP contribution in [0.5, 0.6) is 5.75 Å². The normalized spacial score (nSPS) is 10.4. The number of halogens is 4. The van der Waals surface area contributed by atoms with Crippen LogP contribution < -0.4 is 4.74 Å². The van der Waals surface area contributed by atoms with Gasteiger partial charge in [0.2, 0.25) is 0 Å². The van der Waals surface area contributed by atoms with E-state index in [-0.39, 0.29) is 22.0 Å². The Morgan fingerprint density at radius 2 is 1.73 bits per heavy atom. The second-order valence-electron chi connectivity index (χ2n) is 4.01. The molecule has 0 atom stereocenters. The number of benzene rings is 2. The fraction of sp³-hybridized carbons (Fsp3) is 0. The predicted octanol–water partition coefficient (Wildman–Crippen LogP) is 5.75. The van der Waals surface area contributed by atoms with Gasteiger partial charge in [0, 0.05) is 16.6 Å². The quantitative estimate of drug-likeness (QED) is 0.226. The summed E-state index contributed by atoms with van der Waals surface area (Å²) in [5, 5.41) is 10.9. The van der Waals surface area contributed by atoms with Crippen LogP contribution >= 0.6 is 59.4 Å². The van der Waals surface area contributed by atoms with Gasteiger partial charge in [-0.25, -0.2) is 4.79 Å². The molecule has 0 heterocycles. The van der Waals surface area contributed by atoms with E-state index in [1.54, 1.807) is 12.1 Å². The van der Waals surface area contributed by atoms with E-state index in [2.05, 4.69) is 47.8 Å². The first-order valence-corrected chi connectivity index (χ1v) is 8.36. The first-order chi connectivity index (χ1) is 10.3. The van der Waals surface area contributed by atoms with Gasteiger partial charge in [-0.2, -0.15) is 0 Å². The van der Waals surface area contributed by atoms with Crippen LogP contribution in [0.4, 0.5) is 5.69 Å². The average Bonchev–Trinajstić information content (AvgIpc) is 2.42. The van der Waals surface area contributed by atoms with E-state index in [4.69, 9.17) is 16.3 Å². The summed E-state index contributed by atoms with van der Waals surface area (Å²) in [6.07, 6.45) is 0. The maximum atomic E-state index is 12.2. The molecular formula is C13H5Br3ClNO4. The molecular weight excluding hydrogens is 509 g/mol. The number of hydrogen-bond donors (Lipinski definition) is 0. The Labute approximate surface area is 155 Å². The van der Waals surface area contributed by atoms with Crippen LogP contribution in [-0.2, 0) is 0 Å². The molecule has 0 aromatic heterocycles. The second-order valence-corrected chi connectivity index (χ2v) is 7.04.